The summed E-state index contributed by atoms with van der Waals surface area (Å²) in [7, 11) is 25.3. The van der Waals surface area contributed by atoms with Crippen molar-refractivity contribution in [2.45, 2.75) is 383 Å². The van der Waals surface area contributed by atoms with Crippen molar-refractivity contribution in [3.63, 3.8) is 0 Å². The first-order chi connectivity index (χ1) is 53.5. The predicted molar refractivity (Wildman–Crippen MR) is 435 cm³/mol. The van der Waals surface area contributed by atoms with Gasteiger partial charge in [-0.15, -0.1) is 0 Å². The molecular weight excluding hydrogens is 1510 g/mol. The smallest absolute Gasteiger partial charge is 0.311 e. The Hall–Kier alpha value is -2.18. The summed E-state index contributed by atoms with van der Waals surface area (Å²) >= 11 is 0. The highest BCUT2D eigenvalue weighted by atomic mass is 16.8. The van der Waals surface area contributed by atoms with Crippen LogP contribution in [0.1, 0.15) is 190 Å². The van der Waals surface area contributed by atoms with Crippen molar-refractivity contribution in [2.75, 3.05) is 112 Å². The first-order valence-electron chi connectivity index (χ1n) is 42.3. The highest BCUT2D eigenvalue weighted by molar-refractivity contribution is 5.73. The molecule has 32 nitrogen and oxygen atoms in total. The number of hydrogen-bond acceptors (Lipinski definition) is 32. The molecule has 7 saturated heterocycles. The molecule has 7 heterocycles. The van der Waals surface area contributed by atoms with Gasteiger partial charge in [-0.05, 0) is 218 Å². The third kappa shape index (κ3) is 25.3. The van der Waals surface area contributed by atoms with Crippen LogP contribution in [0.5, 0.6) is 0 Å². The molecule has 3 unspecified atom stereocenters. The maximum Gasteiger partial charge on any atom is 0.311 e. The van der Waals surface area contributed by atoms with Crippen LogP contribution < -0.4 is 0 Å². The number of methoxy groups -OCH3 is 4. The van der Waals surface area contributed by atoms with Crippen molar-refractivity contribution in [3.05, 3.63) is 0 Å². The number of fused-ring (bicyclic) bond motifs is 1. The molecule has 32 heteroatoms. The van der Waals surface area contributed by atoms with Crippen molar-refractivity contribution in [3.8, 4) is 0 Å². The summed E-state index contributed by atoms with van der Waals surface area (Å²) in [5, 5.41) is 93.5. The SMILES string of the molecule is CC[C@H]1OC(=O)[C@H](C)C(O[C@H]2C[C@@](C)(OC)[C@@H](O)[C@H](C)O2)[C@H](C)[C@@H](O[C@@H]2O[C@H](C)C[C@H](N(C)C)[C@H]2O)[C@](C)(O)C[C@@H](C)CN(C)[C@H](C)[C@@H](O)[C@]1(C)O.CC[C@H]1OC(=O)[C@H](C)C(O[C@H]2C[C@@](C)(OC)[C@@H](O)[C@H](C)O2)[C@H](C)[C@@H](O[C@@H]2O[C@H](C)C[C@H](N(C)C)[C@H]2O)[C@](C)(O)C[C@@H](C)CN(C)[C@H](C)[C@H]2OC(N(C)C)O[C@@]21C.COC(OC)N(C)C. The van der Waals surface area contributed by atoms with E-state index in [1.54, 1.807) is 83.5 Å². The lowest BCUT2D eigenvalue weighted by molar-refractivity contribution is -0.318. The molecular formula is C84H162N6O26. The molecule has 0 aromatic rings. The molecule has 7 aliphatic heterocycles. The molecule has 0 aliphatic carbocycles. The van der Waals surface area contributed by atoms with Gasteiger partial charge in [-0.3, -0.25) is 19.4 Å². The van der Waals surface area contributed by atoms with E-state index in [-0.39, 0.29) is 74.3 Å². The van der Waals surface area contributed by atoms with Crippen LogP contribution in [0, 0.1) is 35.5 Å². The van der Waals surface area contributed by atoms with Gasteiger partial charge in [0, 0.05) is 90.4 Å². The van der Waals surface area contributed by atoms with Crippen LogP contribution in [0.3, 0.4) is 0 Å². The maximum atomic E-state index is 14.6. The Balaban J connectivity index is 0.000000378. The fourth-order valence-corrected chi connectivity index (χ4v) is 18.9. The lowest BCUT2D eigenvalue weighted by Gasteiger charge is -2.48. The zero-order chi connectivity index (χ0) is 88.5. The van der Waals surface area contributed by atoms with E-state index in [4.69, 9.17) is 75.8 Å². The molecule has 0 spiro atoms. The summed E-state index contributed by atoms with van der Waals surface area (Å²) in [6, 6.07) is -1.22. The lowest BCUT2D eigenvalue weighted by atomic mass is 9.77. The first kappa shape index (κ1) is 104. The second-order valence-corrected chi connectivity index (χ2v) is 37.5. The molecule has 0 bridgehead atoms. The topological polar surface area (TPSA) is 363 Å². The summed E-state index contributed by atoms with van der Waals surface area (Å²) in [6.45, 7) is 37.6. The Labute approximate surface area is 695 Å². The minimum atomic E-state index is -1.80. The van der Waals surface area contributed by atoms with E-state index >= 15 is 0 Å². The summed E-state index contributed by atoms with van der Waals surface area (Å²) in [5.41, 5.74) is -7.89. The molecule has 116 heavy (non-hydrogen) atoms. The number of carbonyl (C=O) groups is 2. The van der Waals surface area contributed by atoms with E-state index < -0.39 is 192 Å². The van der Waals surface area contributed by atoms with Gasteiger partial charge in [0.15, 0.2) is 25.2 Å². The molecule has 0 aromatic carbocycles. The molecule has 684 valence electrons. The second kappa shape index (κ2) is 43.6. The van der Waals surface area contributed by atoms with Gasteiger partial charge in [-0.25, -0.2) is 0 Å². The lowest BCUT2D eigenvalue weighted by Crippen LogP contribution is -2.60. The van der Waals surface area contributed by atoms with Crippen LogP contribution in [-0.4, -0.2) is 388 Å². The van der Waals surface area contributed by atoms with Gasteiger partial charge in [0.2, 0.25) is 12.8 Å². The van der Waals surface area contributed by atoms with Crippen LogP contribution in [-0.2, 0) is 85.4 Å². The third-order valence-corrected chi connectivity index (χ3v) is 26.2. The number of esters is 2. The van der Waals surface area contributed by atoms with Crippen LogP contribution in [0.25, 0.3) is 0 Å². The van der Waals surface area contributed by atoms with Crippen molar-refractivity contribution < 1.29 is 126 Å². The molecule has 7 fully saturated rings. The number of ether oxygens (including phenoxy) is 16. The number of hydrogen-bond donors (Lipinski definition) is 8. The van der Waals surface area contributed by atoms with Gasteiger partial charge in [0.25, 0.3) is 0 Å². The first-order valence-corrected chi connectivity index (χ1v) is 42.3. The van der Waals surface area contributed by atoms with Crippen LogP contribution in [0.15, 0.2) is 0 Å². The van der Waals surface area contributed by atoms with Gasteiger partial charge >= 0.3 is 11.9 Å². The number of nitrogens with zero attached hydrogens (tertiary/aromatic N) is 6. The minimum absolute atomic E-state index is 0.0483. The predicted octanol–water partition coefficient (Wildman–Crippen LogP) is 4.83. The van der Waals surface area contributed by atoms with Crippen LogP contribution in [0.2, 0.25) is 0 Å². The number of rotatable bonds is 18. The number of likely N-dealkylation sites (N-methyl/N-ethyl adjacent to an activating group) is 4. The van der Waals surface area contributed by atoms with Crippen LogP contribution >= 0.6 is 0 Å². The van der Waals surface area contributed by atoms with Crippen molar-refractivity contribution in [1.82, 2.24) is 29.4 Å². The Bertz CT molecular complexity index is 2930. The van der Waals surface area contributed by atoms with E-state index in [2.05, 4.69) is 18.7 Å². The fourth-order valence-electron chi connectivity index (χ4n) is 18.9. The number of aliphatic hydroxyl groups excluding tert-OH is 5. The van der Waals surface area contributed by atoms with E-state index in [0.29, 0.717) is 38.8 Å². The zero-order valence-corrected chi connectivity index (χ0v) is 77.2. The Kier molecular flexibility index (Phi) is 39.3. The van der Waals surface area contributed by atoms with Gasteiger partial charge < -0.3 is 136 Å². The molecule has 37 atom stereocenters. The van der Waals surface area contributed by atoms with Gasteiger partial charge in [-0.1, -0.05) is 41.5 Å². The van der Waals surface area contributed by atoms with Crippen LogP contribution in [0.4, 0.5) is 0 Å². The molecule has 0 amide bonds. The second-order valence-electron chi connectivity index (χ2n) is 37.5. The monoisotopic (exact) mass is 1670 g/mol. The van der Waals surface area contributed by atoms with Gasteiger partial charge in [-0.2, -0.15) is 0 Å². The summed E-state index contributed by atoms with van der Waals surface area (Å²) in [5.74, 6) is -4.77. The highest BCUT2D eigenvalue weighted by Gasteiger charge is 2.59. The number of cyclic esters (lactones) is 2. The van der Waals surface area contributed by atoms with E-state index in [1.807, 2.05) is 143 Å². The normalized spacial score (nSPS) is 46.8. The van der Waals surface area contributed by atoms with E-state index in [9.17, 15) is 50.4 Å². The Morgan fingerprint density at radius 2 is 0.862 bits per heavy atom. The van der Waals surface area contributed by atoms with Crippen molar-refractivity contribution in [2.24, 2.45) is 35.5 Å². The quantitative estimate of drug-likeness (QED) is 0.0672. The van der Waals surface area contributed by atoms with E-state index in [1.165, 1.54) is 21.1 Å². The average molecular weight is 1670 g/mol. The van der Waals surface area contributed by atoms with Gasteiger partial charge in [0.1, 0.15) is 60.0 Å². The minimum Gasteiger partial charge on any atom is -0.459 e. The fraction of sp³-hybridized carbons (Fsp3) is 0.976. The van der Waals surface area contributed by atoms with Crippen molar-refractivity contribution >= 4 is 11.9 Å². The van der Waals surface area contributed by atoms with Gasteiger partial charge in [0.05, 0.1) is 83.1 Å². The molecule has 0 saturated carbocycles. The number of carbonyl (C=O) groups excluding carboxylic acids is 2. The van der Waals surface area contributed by atoms with E-state index in [0.717, 1.165) is 0 Å². The largest absolute Gasteiger partial charge is 0.459 e. The standard InChI is InChI=1S/C41H77N3O12.C38H72N2O12.C5H13NO2/c1-17-29-41(10)35(55-38(56-41)43(13)14)26(6)44(15)21-22(2)19-39(8,48)34(54-37-31(45)28(42(11)12)18-23(3)50-37)24(4)32(25(5)36(47)52-29)53-30-20-40(9,49-16)33(46)27(7)51-30;1-15-27-38(10,46)31(42)24(6)40(13)19-20(2)17-36(8,45)33(52-35-29(41)26(39(11)12)16-21(3)48-35)22(4)30(23(5)34(44)50-27)51-28-18-37(9,47-14)32(43)25(7)49-28;1-6(2)5(7-3)8-4/h22-35,37-38,45-46,48H,17-21H2,1-16H3;20-33,35,41-43,45-46H,15-19H2,1-14H3;5H,1-4H3/t22-,23-,24+,25-,26-,27+,28+,29-,30+,31-,32?,33+,34-,35-,37+,38?,39-,40-,41-;20-,21-,22+,23-,24-,25+,26+,27-,28+,29-,30?,31-,32+,33-,35+,36-,37-,38-;/m11./s1. The highest BCUT2D eigenvalue weighted by Crippen LogP contribution is 2.46. The molecule has 0 aromatic heterocycles. The Morgan fingerprint density at radius 1 is 0.491 bits per heavy atom. The molecule has 8 N–H and O–H groups in total. The number of aliphatic hydroxyl groups is 8. The van der Waals surface area contributed by atoms with Crippen molar-refractivity contribution in [1.29, 1.82) is 0 Å². The zero-order valence-electron chi connectivity index (χ0n) is 77.2. The summed E-state index contributed by atoms with van der Waals surface area (Å²) in [6.07, 6.45) is -15.4. The maximum absolute atomic E-state index is 14.6. The Morgan fingerprint density at radius 3 is 1.19 bits per heavy atom. The molecule has 0 radical (unpaired) electrons. The third-order valence-electron chi connectivity index (χ3n) is 26.2. The summed E-state index contributed by atoms with van der Waals surface area (Å²) < 4.78 is 98.9. The average Bonchev–Trinajstić information content (AvgIpc) is 1.52. The molecule has 7 aliphatic rings. The molecule has 7 rings (SSSR count). The summed E-state index contributed by atoms with van der Waals surface area (Å²) in [4.78, 5) is 40.5.